The van der Waals surface area contributed by atoms with Crippen molar-refractivity contribution < 1.29 is 47.7 Å². The number of benzene rings is 2. The molecule has 5 rings (SSSR count). The highest BCUT2D eigenvalue weighted by Gasteiger charge is 2.42. The van der Waals surface area contributed by atoms with Crippen LogP contribution in [0.2, 0.25) is 0 Å². The molecule has 0 spiro atoms. The van der Waals surface area contributed by atoms with Crippen LogP contribution in [0.4, 0.5) is 9.59 Å². The first-order valence-corrected chi connectivity index (χ1v) is 20.1. The van der Waals surface area contributed by atoms with Gasteiger partial charge in [0.25, 0.3) is 0 Å². The van der Waals surface area contributed by atoms with Crippen LogP contribution in [0.3, 0.4) is 0 Å². The topological polar surface area (TPSA) is 192 Å². The fourth-order valence-corrected chi connectivity index (χ4v) is 8.39. The predicted molar refractivity (Wildman–Crippen MR) is 206 cm³/mol. The molecule has 0 aromatic heterocycles. The monoisotopic (exact) mass is 783 g/mol. The third-order valence-electron chi connectivity index (χ3n) is 9.49. The van der Waals surface area contributed by atoms with Crippen molar-refractivity contribution in [3.05, 3.63) is 59.7 Å². The summed E-state index contributed by atoms with van der Waals surface area (Å²) < 4.78 is 26.9. The predicted octanol–water partition coefficient (Wildman–Crippen LogP) is 2.85. The second-order valence-electron chi connectivity index (χ2n) is 13.6. The summed E-state index contributed by atoms with van der Waals surface area (Å²) in [6.45, 7) is 3.79. The van der Waals surface area contributed by atoms with Gasteiger partial charge in [-0.25, -0.2) is 9.59 Å². The maximum absolute atomic E-state index is 12.5. The lowest BCUT2D eigenvalue weighted by Crippen LogP contribution is -2.38. The molecule has 2 fully saturated rings. The van der Waals surface area contributed by atoms with E-state index >= 15 is 0 Å². The minimum atomic E-state index is -0.570. The van der Waals surface area contributed by atoms with Crippen LogP contribution in [-0.2, 0) is 38.1 Å². The zero-order valence-electron chi connectivity index (χ0n) is 31.3. The molecular weight excluding hydrogens is 731 g/mol. The Balaban J connectivity index is 0.773. The molecule has 0 radical (unpaired) electrons. The van der Waals surface area contributed by atoms with Crippen molar-refractivity contribution >= 4 is 41.7 Å². The van der Waals surface area contributed by atoms with Crippen molar-refractivity contribution in [2.75, 3.05) is 71.7 Å². The van der Waals surface area contributed by atoms with Gasteiger partial charge in [0.15, 0.2) is 0 Å². The number of carbonyl (C=O) groups excluding carboxylic acids is 5. The molecule has 2 aliphatic heterocycles. The van der Waals surface area contributed by atoms with Gasteiger partial charge in [-0.05, 0) is 42.0 Å². The quantitative estimate of drug-likeness (QED) is 0.0598. The number of carbonyl (C=O) groups is 5. The number of ether oxygens (including phenoxy) is 5. The summed E-state index contributed by atoms with van der Waals surface area (Å²) >= 11 is 1.86. The Morgan fingerprint density at radius 2 is 1.45 bits per heavy atom. The minimum Gasteiger partial charge on any atom is -0.463 e. The molecule has 55 heavy (non-hydrogen) atoms. The van der Waals surface area contributed by atoms with E-state index in [-0.39, 0.29) is 108 Å². The first kappa shape index (κ1) is 41.8. The Hall–Kier alpha value is -4.38. The van der Waals surface area contributed by atoms with Gasteiger partial charge in [-0.3, -0.25) is 14.4 Å². The largest absolute Gasteiger partial charge is 0.463 e. The summed E-state index contributed by atoms with van der Waals surface area (Å²) in [6.07, 6.45) is 2.45. The third-order valence-corrected chi connectivity index (χ3v) is 11.0. The Labute approximate surface area is 326 Å². The zero-order chi connectivity index (χ0) is 38.8. The Bertz CT molecular complexity index is 1550. The van der Waals surface area contributed by atoms with Crippen molar-refractivity contribution in [2.24, 2.45) is 0 Å². The van der Waals surface area contributed by atoms with Crippen LogP contribution >= 0.6 is 11.8 Å². The van der Waals surface area contributed by atoms with Gasteiger partial charge in [-0.15, -0.1) is 0 Å². The van der Waals surface area contributed by atoms with Gasteiger partial charge in [0, 0.05) is 48.9 Å². The van der Waals surface area contributed by atoms with Crippen molar-refractivity contribution in [3.63, 3.8) is 0 Å². The number of esters is 1. The molecule has 2 aromatic carbocycles. The van der Waals surface area contributed by atoms with E-state index in [9.17, 15) is 24.0 Å². The van der Waals surface area contributed by atoms with Crippen LogP contribution in [0.1, 0.15) is 56.1 Å². The normalized spacial score (nSPS) is 18.6. The number of hydrogen-bond donors (Lipinski definition) is 5. The first-order valence-electron chi connectivity index (χ1n) is 19.0. The summed E-state index contributed by atoms with van der Waals surface area (Å²) in [4.78, 5) is 60.2. The molecule has 15 nitrogen and oxygen atoms in total. The summed E-state index contributed by atoms with van der Waals surface area (Å²) in [5.74, 6) is 0.103. The number of nitrogens with one attached hydrogen (secondary N) is 5. The molecule has 1 unspecified atom stereocenters. The number of unbranched alkanes of at least 4 members (excludes halogenated alkanes) is 1. The van der Waals surface area contributed by atoms with E-state index < -0.39 is 12.1 Å². The highest BCUT2D eigenvalue weighted by Crippen LogP contribution is 2.44. The Kier molecular flexibility index (Phi) is 16.9. The van der Waals surface area contributed by atoms with Crippen LogP contribution in [0.15, 0.2) is 48.5 Å². The standard InChI is InChI=1S/C39H53N5O10S/c1-26(42-39(49)54-23-31-29-10-4-2-8-27(29)28-9-3-5-11-30(28)31)22-34(45)40-14-16-50-18-19-52-24-35(46)41-15-17-51-20-21-53-36(47)13-7-6-12-33-37-32(25-55-33)43-38(48)44-37/h2-5,8-11,26,31-33,37H,6-7,12-25H2,1H3,(H,40,45)(H,41,46)(H,42,49)(H2,43,44,48)/t26?,32-,33-,37-/m0/s1. The lowest BCUT2D eigenvalue weighted by molar-refractivity contribution is -0.145. The highest BCUT2D eigenvalue weighted by molar-refractivity contribution is 8.00. The highest BCUT2D eigenvalue weighted by atomic mass is 32.2. The average molecular weight is 784 g/mol. The molecule has 2 aromatic rings. The SMILES string of the molecule is CC(CC(=O)NCCOCCOCC(=O)NCCOCCOC(=O)CCCC[C@@H]1SC[C@@H]2NC(=O)N[C@@H]21)NC(=O)OCC1c2ccccc2-c2ccccc21. The second kappa shape index (κ2) is 22.2. The van der Waals surface area contributed by atoms with Gasteiger partial charge < -0.3 is 50.3 Å². The van der Waals surface area contributed by atoms with Crippen molar-refractivity contribution in [2.45, 2.75) is 68.3 Å². The van der Waals surface area contributed by atoms with Crippen LogP contribution in [0, 0.1) is 0 Å². The van der Waals surface area contributed by atoms with Gasteiger partial charge in [-0.2, -0.15) is 11.8 Å². The molecule has 0 saturated carbocycles. The average Bonchev–Trinajstić information content (AvgIpc) is 3.83. The molecule has 5 N–H and O–H groups in total. The first-order chi connectivity index (χ1) is 26.8. The molecule has 300 valence electrons. The van der Waals surface area contributed by atoms with E-state index in [1.807, 2.05) is 36.0 Å². The molecule has 5 amide bonds. The molecule has 4 atom stereocenters. The number of hydrogen-bond acceptors (Lipinski definition) is 11. The summed E-state index contributed by atoms with van der Waals surface area (Å²) in [5, 5.41) is 14.5. The van der Waals surface area contributed by atoms with E-state index in [4.69, 9.17) is 23.7 Å². The number of thioether (sulfide) groups is 1. The molecule has 1 aliphatic carbocycles. The smallest absolute Gasteiger partial charge is 0.407 e. The molecular formula is C39H53N5O10S. The van der Waals surface area contributed by atoms with Gasteiger partial charge in [0.2, 0.25) is 11.8 Å². The van der Waals surface area contributed by atoms with E-state index in [2.05, 4.69) is 50.8 Å². The van der Waals surface area contributed by atoms with Crippen molar-refractivity contribution in [3.8, 4) is 11.1 Å². The second-order valence-corrected chi connectivity index (χ2v) is 14.9. The zero-order valence-corrected chi connectivity index (χ0v) is 32.1. The number of rotatable bonds is 24. The van der Waals surface area contributed by atoms with E-state index in [1.165, 1.54) is 0 Å². The summed E-state index contributed by atoms with van der Waals surface area (Å²) in [6, 6.07) is 16.1. The Morgan fingerprint density at radius 3 is 2.18 bits per heavy atom. The van der Waals surface area contributed by atoms with Crippen LogP contribution in [0.5, 0.6) is 0 Å². The van der Waals surface area contributed by atoms with Crippen LogP contribution in [0.25, 0.3) is 11.1 Å². The Morgan fingerprint density at radius 1 is 0.800 bits per heavy atom. The fraction of sp³-hybridized carbons (Fsp3) is 0.564. The maximum atomic E-state index is 12.5. The summed E-state index contributed by atoms with van der Waals surface area (Å²) in [7, 11) is 0. The molecule has 16 heteroatoms. The van der Waals surface area contributed by atoms with Gasteiger partial charge >= 0.3 is 18.1 Å². The van der Waals surface area contributed by atoms with Gasteiger partial charge in [0.1, 0.15) is 19.8 Å². The van der Waals surface area contributed by atoms with Gasteiger partial charge in [0.05, 0.1) is 45.1 Å². The lowest BCUT2D eigenvalue weighted by atomic mass is 9.98. The number of amides is 5. The van der Waals surface area contributed by atoms with Crippen molar-refractivity contribution in [1.82, 2.24) is 26.6 Å². The molecule has 3 aliphatic rings. The van der Waals surface area contributed by atoms with E-state index in [0.29, 0.717) is 18.2 Å². The molecule has 2 heterocycles. The fourth-order valence-electron chi connectivity index (χ4n) is 6.85. The van der Waals surface area contributed by atoms with E-state index in [1.54, 1.807) is 6.92 Å². The number of fused-ring (bicyclic) bond motifs is 4. The minimum absolute atomic E-state index is 0.0393. The third kappa shape index (κ3) is 13.4. The number of urea groups is 1. The number of alkyl carbamates (subject to hydrolysis) is 1. The summed E-state index contributed by atoms with van der Waals surface area (Å²) in [5.41, 5.74) is 4.57. The maximum Gasteiger partial charge on any atom is 0.407 e. The molecule has 0 bridgehead atoms. The van der Waals surface area contributed by atoms with Crippen LogP contribution in [-0.4, -0.2) is 125 Å². The molecule has 2 saturated heterocycles. The van der Waals surface area contributed by atoms with Crippen molar-refractivity contribution in [1.29, 1.82) is 0 Å². The lowest BCUT2D eigenvalue weighted by Gasteiger charge is -2.17. The van der Waals surface area contributed by atoms with E-state index in [0.717, 1.165) is 47.3 Å². The van der Waals surface area contributed by atoms with Gasteiger partial charge in [-0.1, -0.05) is 55.0 Å². The van der Waals surface area contributed by atoms with Crippen LogP contribution < -0.4 is 26.6 Å².